The Balaban J connectivity index is 1.71. The van der Waals surface area contributed by atoms with Crippen LogP contribution in [0.15, 0.2) is 15.9 Å². The molecule has 0 bridgehead atoms. The Morgan fingerprint density at radius 2 is 2.12 bits per heavy atom. The molecular weight excluding hydrogens is 286 g/mol. The minimum absolute atomic E-state index is 0.366. The molecule has 90 valence electrons. The van der Waals surface area contributed by atoms with Gasteiger partial charge in [0, 0.05) is 33.9 Å². The second-order valence-electron chi connectivity index (χ2n) is 4.51. The Morgan fingerprint density at radius 3 is 2.69 bits per heavy atom. The molecule has 2 N–H and O–H groups in total. The molecule has 4 heteroatoms. The molecule has 0 atom stereocenters. The highest BCUT2D eigenvalue weighted by atomic mass is 79.9. The van der Waals surface area contributed by atoms with Crippen molar-refractivity contribution in [3.8, 4) is 0 Å². The topological polar surface area (TPSA) is 32.3 Å². The van der Waals surface area contributed by atoms with Crippen LogP contribution >= 0.6 is 27.3 Å². The summed E-state index contributed by atoms with van der Waals surface area (Å²) in [4.78, 5) is 1.39. The Kier molecular flexibility index (Phi) is 4.82. The minimum Gasteiger partial charge on any atom is -0.396 e. The Hall–Kier alpha value is 0.1000. The van der Waals surface area contributed by atoms with Gasteiger partial charge in [0.05, 0.1) is 0 Å². The van der Waals surface area contributed by atoms with Crippen LogP contribution in [-0.4, -0.2) is 17.8 Å². The van der Waals surface area contributed by atoms with E-state index >= 15 is 0 Å². The second-order valence-corrected chi connectivity index (χ2v) is 6.42. The van der Waals surface area contributed by atoms with E-state index in [2.05, 4.69) is 32.7 Å². The third-order valence-corrected chi connectivity index (χ3v) is 4.99. The van der Waals surface area contributed by atoms with E-state index in [4.69, 9.17) is 5.11 Å². The molecule has 0 saturated heterocycles. The summed E-state index contributed by atoms with van der Waals surface area (Å²) in [6.45, 7) is 1.34. The van der Waals surface area contributed by atoms with Crippen LogP contribution in [0.5, 0.6) is 0 Å². The SMILES string of the molecule is OCC1CCC(NCc2cc(Br)cs2)CC1. The fraction of sp³-hybridized carbons (Fsp3) is 0.667. The van der Waals surface area contributed by atoms with Gasteiger partial charge in [0.15, 0.2) is 0 Å². The summed E-state index contributed by atoms with van der Waals surface area (Å²) in [7, 11) is 0. The van der Waals surface area contributed by atoms with Gasteiger partial charge >= 0.3 is 0 Å². The first-order valence-corrected chi connectivity index (χ1v) is 7.52. The molecule has 1 aliphatic rings. The van der Waals surface area contributed by atoms with Crippen LogP contribution in [0.4, 0.5) is 0 Å². The molecule has 2 rings (SSSR count). The van der Waals surface area contributed by atoms with E-state index in [-0.39, 0.29) is 0 Å². The van der Waals surface area contributed by atoms with Crippen LogP contribution < -0.4 is 5.32 Å². The molecule has 1 aromatic rings. The summed E-state index contributed by atoms with van der Waals surface area (Å²) in [5, 5.41) is 14.8. The monoisotopic (exact) mass is 303 g/mol. The number of hydrogen-bond acceptors (Lipinski definition) is 3. The molecule has 1 aliphatic carbocycles. The van der Waals surface area contributed by atoms with E-state index in [1.54, 1.807) is 11.3 Å². The number of halogens is 1. The summed E-state index contributed by atoms with van der Waals surface area (Å²) >= 11 is 5.26. The number of hydrogen-bond donors (Lipinski definition) is 2. The predicted octanol–water partition coefficient (Wildman–Crippen LogP) is 3.15. The van der Waals surface area contributed by atoms with Gasteiger partial charge in [-0.2, -0.15) is 0 Å². The number of aliphatic hydroxyl groups is 1. The van der Waals surface area contributed by atoms with Gasteiger partial charge in [-0.3, -0.25) is 0 Å². The maximum atomic E-state index is 9.06. The van der Waals surface area contributed by atoms with Crippen LogP contribution in [0.1, 0.15) is 30.6 Å². The lowest BCUT2D eigenvalue weighted by atomic mass is 9.86. The molecule has 1 heterocycles. The number of nitrogens with one attached hydrogen (secondary N) is 1. The van der Waals surface area contributed by atoms with E-state index in [1.165, 1.54) is 35.0 Å². The fourth-order valence-electron chi connectivity index (χ4n) is 2.24. The summed E-state index contributed by atoms with van der Waals surface area (Å²) in [6.07, 6.45) is 4.75. The molecule has 0 aliphatic heterocycles. The molecule has 0 spiro atoms. The summed E-state index contributed by atoms with van der Waals surface area (Å²) in [6, 6.07) is 2.82. The molecule has 0 aromatic carbocycles. The summed E-state index contributed by atoms with van der Waals surface area (Å²) in [5.41, 5.74) is 0. The Morgan fingerprint density at radius 1 is 1.38 bits per heavy atom. The van der Waals surface area contributed by atoms with Crippen LogP contribution in [0.2, 0.25) is 0 Å². The minimum atomic E-state index is 0.366. The molecule has 16 heavy (non-hydrogen) atoms. The van der Waals surface area contributed by atoms with E-state index in [0.29, 0.717) is 18.6 Å². The van der Waals surface area contributed by atoms with Crippen LogP contribution in [0, 0.1) is 5.92 Å². The maximum absolute atomic E-state index is 9.06. The van der Waals surface area contributed by atoms with E-state index in [9.17, 15) is 0 Å². The van der Waals surface area contributed by atoms with Gasteiger partial charge in [-0.05, 0) is 53.6 Å². The highest BCUT2D eigenvalue weighted by molar-refractivity contribution is 9.10. The zero-order chi connectivity index (χ0) is 11.4. The average Bonchev–Trinajstić information content (AvgIpc) is 2.73. The van der Waals surface area contributed by atoms with Crippen molar-refractivity contribution in [3.63, 3.8) is 0 Å². The van der Waals surface area contributed by atoms with Crippen LogP contribution in [0.3, 0.4) is 0 Å². The third kappa shape index (κ3) is 3.55. The molecule has 1 fully saturated rings. The third-order valence-electron chi connectivity index (χ3n) is 3.29. The van der Waals surface area contributed by atoms with E-state index in [0.717, 1.165) is 6.54 Å². The molecule has 0 radical (unpaired) electrons. The van der Waals surface area contributed by atoms with Gasteiger partial charge in [-0.25, -0.2) is 0 Å². The normalized spacial score (nSPS) is 25.9. The van der Waals surface area contributed by atoms with Crippen molar-refractivity contribution >= 4 is 27.3 Å². The standard InChI is InChI=1S/C12H18BrNOS/c13-10-5-12(16-8-10)6-14-11-3-1-9(7-15)2-4-11/h5,8-9,11,14-15H,1-4,6-7H2. The highest BCUT2D eigenvalue weighted by Gasteiger charge is 2.19. The fourth-order valence-corrected chi connectivity index (χ4v) is 3.64. The zero-order valence-electron chi connectivity index (χ0n) is 9.29. The first kappa shape index (κ1) is 12.6. The quantitative estimate of drug-likeness (QED) is 0.895. The Labute approximate surface area is 109 Å². The van der Waals surface area contributed by atoms with Gasteiger partial charge in [0.2, 0.25) is 0 Å². The number of aliphatic hydroxyl groups excluding tert-OH is 1. The van der Waals surface area contributed by atoms with Crippen molar-refractivity contribution in [1.29, 1.82) is 0 Å². The number of rotatable bonds is 4. The second kappa shape index (κ2) is 6.15. The van der Waals surface area contributed by atoms with Gasteiger partial charge in [-0.15, -0.1) is 11.3 Å². The van der Waals surface area contributed by atoms with Gasteiger partial charge in [0.25, 0.3) is 0 Å². The molecule has 2 nitrogen and oxygen atoms in total. The van der Waals surface area contributed by atoms with Crippen molar-refractivity contribution in [2.75, 3.05) is 6.61 Å². The van der Waals surface area contributed by atoms with Crippen LogP contribution in [0.25, 0.3) is 0 Å². The van der Waals surface area contributed by atoms with E-state index < -0.39 is 0 Å². The Bertz CT molecular complexity index is 321. The molecule has 1 saturated carbocycles. The van der Waals surface area contributed by atoms with Crippen molar-refractivity contribution in [2.24, 2.45) is 5.92 Å². The van der Waals surface area contributed by atoms with Crippen molar-refractivity contribution < 1.29 is 5.11 Å². The highest BCUT2D eigenvalue weighted by Crippen LogP contribution is 2.25. The molecule has 0 amide bonds. The van der Waals surface area contributed by atoms with Crippen molar-refractivity contribution in [3.05, 3.63) is 20.8 Å². The number of thiophene rings is 1. The van der Waals surface area contributed by atoms with E-state index in [1.807, 2.05) is 0 Å². The van der Waals surface area contributed by atoms with Crippen molar-refractivity contribution in [2.45, 2.75) is 38.3 Å². The lowest BCUT2D eigenvalue weighted by Gasteiger charge is -2.27. The maximum Gasteiger partial charge on any atom is 0.0459 e. The summed E-state index contributed by atoms with van der Waals surface area (Å²) in [5.74, 6) is 0.550. The van der Waals surface area contributed by atoms with Crippen molar-refractivity contribution in [1.82, 2.24) is 5.32 Å². The molecule has 0 unspecified atom stereocenters. The first-order chi connectivity index (χ1) is 7.78. The predicted molar refractivity (Wildman–Crippen MR) is 71.7 cm³/mol. The smallest absolute Gasteiger partial charge is 0.0459 e. The van der Waals surface area contributed by atoms with Crippen LogP contribution in [-0.2, 0) is 6.54 Å². The molecule has 1 aromatic heterocycles. The van der Waals surface area contributed by atoms with Gasteiger partial charge < -0.3 is 10.4 Å². The lowest BCUT2D eigenvalue weighted by Crippen LogP contribution is -2.33. The van der Waals surface area contributed by atoms with Gasteiger partial charge in [-0.1, -0.05) is 0 Å². The molecular formula is C12H18BrNOS. The first-order valence-electron chi connectivity index (χ1n) is 5.85. The summed E-state index contributed by atoms with van der Waals surface area (Å²) < 4.78 is 1.18. The average molecular weight is 304 g/mol. The lowest BCUT2D eigenvalue weighted by molar-refractivity contribution is 0.175. The largest absolute Gasteiger partial charge is 0.396 e. The van der Waals surface area contributed by atoms with Gasteiger partial charge in [0.1, 0.15) is 0 Å². The zero-order valence-corrected chi connectivity index (χ0v) is 11.7.